The third kappa shape index (κ3) is 6.58. The number of piperidine rings is 1. The Morgan fingerprint density at radius 1 is 1.00 bits per heavy atom. The van der Waals surface area contributed by atoms with Gasteiger partial charge in [-0.25, -0.2) is 4.39 Å². The topological polar surface area (TPSA) is 35.6 Å². The average molecular weight is 376 g/mol. The maximum Gasteiger partial charge on any atom is 0.223 e. The third-order valence-electron chi connectivity index (χ3n) is 5.96. The van der Waals surface area contributed by atoms with E-state index in [-0.39, 0.29) is 17.6 Å². The molecule has 2 aliphatic heterocycles. The molecule has 1 N–H and O–H groups in total. The van der Waals surface area contributed by atoms with Crippen molar-refractivity contribution in [1.82, 2.24) is 15.1 Å². The Hall–Kier alpha value is -1.46. The van der Waals surface area contributed by atoms with Crippen molar-refractivity contribution in [3.8, 4) is 0 Å². The van der Waals surface area contributed by atoms with Crippen LogP contribution >= 0.6 is 0 Å². The first-order chi connectivity index (χ1) is 13.2. The number of carbonyl (C=O) groups excluding carboxylic acids is 1. The molecule has 0 radical (unpaired) electrons. The molecule has 2 aliphatic rings. The highest BCUT2D eigenvalue weighted by Crippen LogP contribution is 2.20. The number of rotatable bonds is 7. The van der Waals surface area contributed by atoms with Crippen LogP contribution in [-0.2, 0) is 11.3 Å². The minimum atomic E-state index is -0.137. The highest BCUT2D eigenvalue weighted by atomic mass is 19.1. The first-order valence-electron chi connectivity index (χ1n) is 10.7. The SMILES string of the molecule is O=C(NCCCN1CCCCCC1)C1CCN(Cc2ccccc2F)CC1. The number of benzene rings is 1. The number of likely N-dealkylation sites (tertiary alicyclic amines) is 2. The largest absolute Gasteiger partial charge is 0.356 e. The van der Waals surface area contributed by atoms with Gasteiger partial charge in [-0.1, -0.05) is 31.0 Å². The van der Waals surface area contributed by atoms with Crippen molar-refractivity contribution in [2.75, 3.05) is 39.3 Å². The average Bonchev–Trinajstić information content (AvgIpc) is 2.96. The summed E-state index contributed by atoms with van der Waals surface area (Å²) in [6.45, 7) is 6.67. The minimum Gasteiger partial charge on any atom is -0.356 e. The molecule has 1 aromatic rings. The molecule has 0 saturated carbocycles. The lowest BCUT2D eigenvalue weighted by atomic mass is 9.95. The van der Waals surface area contributed by atoms with E-state index in [1.807, 2.05) is 12.1 Å². The number of carbonyl (C=O) groups is 1. The number of hydrogen-bond donors (Lipinski definition) is 1. The summed E-state index contributed by atoms with van der Waals surface area (Å²) >= 11 is 0. The molecule has 0 atom stereocenters. The molecule has 1 amide bonds. The number of hydrogen-bond acceptors (Lipinski definition) is 3. The van der Waals surface area contributed by atoms with Crippen molar-refractivity contribution in [2.45, 2.75) is 51.5 Å². The van der Waals surface area contributed by atoms with E-state index in [0.29, 0.717) is 6.54 Å². The number of amides is 1. The van der Waals surface area contributed by atoms with E-state index in [9.17, 15) is 9.18 Å². The maximum atomic E-state index is 13.8. The van der Waals surface area contributed by atoms with E-state index in [0.717, 1.165) is 51.0 Å². The summed E-state index contributed by atoms with van der Waals surface area (Å²) < 4.78 is 13.8. The van der Waals surface area contributed by atoms with Gasteiger partial charge in [0.1, 0.15) is 5.82 Å². The standard InChI is InChI=1S/C22H34FN3O/c23-21-9-4-3-8-20(21)18-26-16-10-19(11-17-26)22(27)24-12-7-15-25-13-5-1-2-6-14-25/h3-4,8-9,19H,1-2,5-7,10-18H2,(H,24,27). The summed E-state index contributed by atoms with van der Waals surface area (Å²) in [4.78, 5) is 17.2. The van der Waals surface area contributed by atoms with Gasteiger partial charge < -0.3 is 10.2 Å². The van der Waals surface area contributed by atoms with Crippen LogP contribution in [0, 0.1) is 11.7 Å². The van der Waals surface area contributed by atoms with Crippen molar-refractivity contribution in [1.29, 1.82) is 0 Å². The van der Waals surface area contributed by atoms with E-state index in [1.165, 1.54) is 44.8 Å². The van der Waals surface area contributed by atoms with E-state index in [1.54, 1.807) is 6.07 Å². The molecule has 4 nitrogen and oxygen atoms in total. The van der Waals surface area contributed by atoms with E-state index >= 15 is 0 Å². The van der Waals surface area contributed by atoms with Gasteiger partial charge in [0, 0.05) is 24.6 Å². The van der Waals surface area contributed by atoms with Crippen molar-refractivity contribution in [3.05, 3.63) is 35.6 Å². The van der Waals surface area contributed by atoms with Crippen LogP contribution in [0.2, 0.25) is 0 Å². The lowest BCUT2D eigenvalue weighted by Gasteiger charge is -2.31. The van der Waals surface area contributed by atoms with Crippen molar-refractivity contribution in [2.24, 2.45) is 5.92 Å². The van der Waals surface area contributed by atoms with Crippen LogP contribution in [-0.4, -0.2) is 55.0 Å². The molecule has 0 spiro atoms. The molecule has 5 heteroatoms. The van der Waals surface area contributed by atoms with Crippen LogP contribution < -0.4 is 5.32 Å². The summed E-state index contributed by atoms with van der Waals surface area (Å²) in [6, 6.07) is 6.96. The van der Waals surface area contributed by atoms with Gasteiger partial charge >= 0.3 is 0 Å². The van der Waals surface area contributed by atoms with Gasteiger partial charge in [-0.3, -0.25) is 9.69 Å². The fourth-order valence-electron chi connectivity index (χ4n) is 4.24. The summed E-state index contributed by atoms with van der Waals surface area (Å²) in [5, 5.41) is 3.14. The molecular formula is C22H34FN3O. The Balaban J connectivity index is 1.31. The molecule has 0 aliphatic carbocycles. The van der Waals surface area contributed by atoms with Crippen LogP contribution in [0.1, 0.15) is 50.5 Å². The Bertz CT molecular complexity index is 579. The monoisotopic (exact) mass is 375 g/mol. The predicted molar refractivity (Wildman–Crippen MR) is 107 cm³/mol. The first kappa shape index (κ1) is 20.3. The molecule has 0 aromatic heterocycles. The second-order valence-corrected chi connectivity index (χ2v) is 8.04. The lowest BCUT2D eigenvalue weighted by Crippen LogP contribution is -2.41. The highest BCUT2D eigenvalue weighted by molar-refractivity contribution is 5.78. The van der Waals surface area contributed by atoms with Crippen molar-refractivity contribution >= 4 is 5.91 Å². The molecule has 1 aromatic carbocycles. The van der Waals surface area contributed by atoms with E-state index in [4.69, 9.17) is 0 Å². The van der Waals surface area contributed by atoms with Crippen molar-refractivity contribution < 1.29 is 9.18 Å². The third-order valence-corrected chi connectivity index (χ3v) is 5.96. The van der Waals surface area contributed by atoms with Crippen LogP contribution in [0.25, 0.3) is 0 Å². The molecule has 3 rings (SSSR count). The summed E-state index contributed by atoms with van der Waals surface area (Å²) in [7, 11) is 0. The fourth-order valence-corrected chi connectivity index (χ4v) is 4.24. The highest BCUT2D eigenvalue weighted by Gasteiger charge is 2.25. The molecule has 2 heterocycles. The van der Waals surface area contributed by atoms with Gasteiger partial charge in [0.25, 0.3) is 0 Å². The van der Waals surface area contributed by atoms with Crippen LogP contribution in [0.3, 0.4) is 0 Å². The molecule has 150 valence electrons. The molecule has 0 unspecified atom stereocenters. The smallest absolute Gasteiger partial charge is 0.223 e. The number of halogens is 1. The van der Waals surface area contributed by atoms with Gasteiger partial charge in [0.05, 0.1) is 0 Å². The Morgan fingerprint density at radius 2 is 1.70 bits per heavy atom. The summed E-state index contributed by atoms with van der Waals surface area (Å²) in [5.41, 5.74) is 0.744. The van der Waals surface area contributed by atoms with Gasteiger partial charge in [0.15, 0.2) is 0 Å². The zero-order valence-corrected chi connectivity index (χ0v) is 16.5. The van der Waals surface area contributed by atoms with Gasteiger partial charge in [-0.2, -0.15) is 0 Å². The Labute approximate surface area is 163 Å². The molecular weight excluding hydrogens is 341 g/mol. The molecule has 2 fully saturated rings. The van der Waals surface area contributed by atoms with Gasteiger partial charge in [-0.05, 0) is 70.9 Å². The maximum absolute atomic E-state index is 13.8. The van der Waals surface area contributed by atoms with Crippen LogP contribution in [0.15, 0.2) is 24.3 Å². The molecule has 0 bridgehead atoms. The molecule has 2 saturated heterocycles. The lowest BCUT2D eigenvalue weighted by molar-refractivity contribution is -0.126. The first-order valence-corrected chi connectivity index (χ1v) is 10.7. The van der Waals surface area contributed by atoms with Gasteiger partial charge in [0.2, 0.25) is 5.91 Å². The predicted octanol–water partition coefficient (Wildman–Crippen LogP) is 3.42. The minimum absolute atomic E-state index is 0.111. The van der Waals surface area contributed by atoms with E-state index < -0.39 is 0 Å². The van der Waals surface area contributed by atoms with Gasteiger partial charge in [-0.15, -0.1) is 0 Å². The molecule has 27 heavy (non-hydrogen) atoms. The number of nitrogens with one attached hydrogen (secondary N) is 1. The summed E-state index contributed by atoms with van der Waals surface area (Å²) in [6.07, 6.45) is 8.14. The quantitative estimate of drug-likeness (QED) is 0.742. The van der Waals surface area contributed by atoms with E-state index in [2.05, 4.69) is 15.1 Å². The second-order valence-electron chi connectivity index (χ2n) is 8.04. The van der Waals surface area contributed by atoms with Crippen LogP contribution in [0.4, 0.5) is 4.39 Å². The fraction of sp³-hybridized carbons (Fsp3) is 0.682. The Kier molecular flexibility index (Phi) is 8.09. The second kappa shape index (κ2) is 10.8. The zero-order chi connectivity index (χ0) is 18.9. The van der Waals surface area contributed by atoms with Crippen molar-refractivity contribution in [3.63, 3.8) is 0 Å². The number of nitrogens with zero attached hydrogens (tertiary/aromatic N) is 2. The van der Waals surface area contributed by atoms with Crippen LogP contribution in [0.5, 0.6) is 0 Å². The zero-order valence-electron chi connectivity index (χ0n) is 16.5. The Morgan fingerprint density at radius 3 is 2.41 bits per heavy atom. The summed E-state index contributed by atoms with van der Waals surface area (Å²) in [5.74, 6) is 0.179. The normalized spacial score (nSPS) is 20.3.